The van der Waals surface area contributed by atoms with Gasteiger partial charge in [-0.15, -0.1) is 4.98 Å². The zero-order valence-corrected chi connectivity index (χ0v) is 19.3. The van der Waals surface area contributed by atoms with Gasteiger partial charge in [-0.05, 0) is 48.4 Å². The van der Waals surface area contributed by atoms with E-state index in [1.165, 1.54) is 12.1 Å². The molecule has 35 heavy (non-hydrogen) atoms. The Balaban J connectivity index is 1.34. The van der Waals surface area contributed by atoms with Crippen LogP contribution in [0, 0.1) is 12.7 Å². The highest BCUT2D eigenvalue weighted by Gasteiger charge is 2.22. The van der Waals surface area contributed by atoms with Gasteiger partial charge in [-0.2, -0.15) is 0 Å². The van der Waals surface area contributed by atoms with Crippen LogP contribution in [0.4, 0.5) is 10.2 Å². The number of ether oxygens (including phenoxy) is 1. The molecule has 0 spiro atoms. The lowest BCUT2D eigenvalue weighted by Crippen LogP contribution is -2.28. The molecule has 4 heterocycles. The van der Waals surface area contributed by atoms with Crippen molar-refractivity contribution in [3.63, 3.8) is 0 Å². The second-order valence-corrected chi connectivity index (χ2v) is 8.71. The lowest BCUT2D eigenvalue weighted by Gasteiger charge is -2.24. The number of aromatic amines is 2. The van der Waals surface area contributed by atoms with Crippen LogP contribution in [0.15, 0.2) is 67.4 Å². The number of rotatable bonds is 4. The first kappa shape index (κ1) is 21.2. The molecule has 0 atom stereocenters. The largest absolute Gasteiger partial charge is 0.491 e. The highest BCUT2D eigenvalue weighted by Crippen LogP contribution is 2.32. The van der Waals surface area contributed by atoms with Gasteiger partial charge in [0.2, 0.25) is 0 Å². The average molecular weight is 468 g/mol. The summed E-state index contributed by atoms with van der Waals surface area (Å²) in [4.78, 5) is 22.1. The molecule has 8 heteroatoms. The average Bonchev–Trinajstić information content (AvgIpc) is 3.24. The van der Waals surface area contributed by atoms with Crippen LogP contribution in [0.5, 0.6) is 5.75 Å². The zero-order chi connectivity index (χ0) is 23.8. The minimum Gasteiger partial charge on any atom is -0.491 e. The maximum atomic E-state index is 13.4. The summed E-state index contributed by atoms with van der Waals surface area (Å²) in [6, 6.07) is 15.0. The Labute approximate surface area is 201 Å². The van der Waals surface area contributed by atoms with E-state index >= 15 is 0 Å². The van der Waals surface area contributed by atoms with Crippen molar-refractivity contribution in [2.75, 3.05) is 18.1 Å². The Morgan fingerprint density at radius 1 is 1.06 bits per heavy atom. The standard InChI is InChI=1S/C27H23FN6O/c1-17-23(10-18-2-5-22(28)6-3-18)27(33-15-30-17)34-8-9-35-25-7-4-19(11-21(25)14-34)20-12-24-26(29-13-20)32-16-31-24/h2-7,11-13,15-16H,8-10,14H2,1H3,(H,29,31,32)/p+1. The van der Waals surface area contributed by atoms with Crippen LogP contribution >= 0.6 is 0 Å². The van der Waals surface area contributed by atoms with Gasteiger partial charge < -0.3 is 9.64 Å². The molecular formula is C27H24FN6O+. The maximum absolute atomic E-state index is 13.4. The lowest BCUT2D eigenvalue weighted by atomic mass is 10.0. The van der Waals surface area contributed by atoms with E-state index in [4.69, 9.17) is 4.74 Å². The number of fused-ring (bicyclic) bond motifs is 2. The molecule has 0 amide bonds. The zero-order valence-electron chi connectivity index (χ0n) is 19.3. The van der Waals surface area contributed by atoms with Gasteiger partial charge in [0.15, 0.2) is 11.8 Å². The first-order chi connectivity index (χ1) is 17.1. The third-order valence-electron chi connectivity index (χ3n) is 6.43. The van der Waals surface area contributed by atoms with Crippen molar-refractivity contribution in [1.82, 2.24) is 19.9 Å². The van der Waals surface area contributed by atoms with E-state index in [9.17, 15) is 4.39 Å². The predicted octanol–water partition coefficient (Wildman–Crippen LogP) is 4.27. The van der Waals surface area contributed by atoms with Gasteiger partial charge in [-0.1, -0.05) is 18.2 Å². The molecule has 2 aromatic carbocycles. The molecule has 174 valence electrons. The molecule has 1 aliphatic heterocycles. The van der Waals surface area contributed by atoms with E-state index < -0.39 is 0 Å². The summed E-state index contributed by atoms with van der Waals surface area (Å²) in [6.45, 7) is 3.90. The summed E-state index contributed by atoms with van der Waals surface area (Å²) in [5.41, 5.74) is 7.94. The van der Waals surface area contributed by atoms with E-state index in [1.54, 1.807) is 12.7 Å². The normalized spacial score (nSPS) is 13.4. The molecule has 5 aromatic rings. The number of aryl methyl sites for hydroxylation is 1. The fourth-order valence-corrected chi connectivity index (χ4v) is 4.56. The van der Waals surface area contributed by atoms with Crippen molar-refractivity contribution in [3.05, 3.63) is 95.6 Å². The first-order valence-corrected chi connectivity index (χ1v) is 11.5. The van der Waals surface area contributed by atoms with Crippen molar-refractivity contribution >= 4 is 17.0 Å². The summed E-state index contributed by atoms with van der Waals surface area (Å²) in [5.74, 6) is 1.52. The van der Waals surface area contributed by atoms with E-state index in [2.05, 4.69) is 48.0 Å². The van der Waals surface area contributed by atoms with E-state index in [0.29, 0.717) is 26.1 Å². The van der Waals surface area contributed by atoms with E-state index in [1.807, 2.05) is 31.3 Å². The molecule has 3 aromatic heterocycles. The number of H-pyrrole nitrogens is 2. The summed E-state index contributed by atoms with van der Waals surface area (Å²) in [7, 11) is 0. The smallest absolute Gasteiger partial charge is 0.299 e. The predicted molar refractivity (Wildman–Crippen MR) is 131 cm³/mol. The van der Waals surface area contributed by atoms with Crippen LogP contribution in [0.25, 0.3) is 22.3 Å². The second kappa shape index (κ2) is 8.79. The van der Waals surface area contributed by atoms with Gasteiger partial charge in [0.25, 0.3) is 5.65 Å². The maximum Gasteiger partial charge on any atom is 0.299 e. The molecule has 0 saturated carbocycles. The van der Waals surface area contributed by atoms with Gasteiger partial charge >= 0.3 is 0 Å². The van der Waals surface area contributed by atoms with Gasteiger partial charge in [0, 0.05) is 35.3 Å². The Morgan fingerprint density at radius 2 is 1.94 bits per heavy atom. The minimum atomic E-state index is -0.240. The van der Waals surface area contributed by atoms with Crippen LogP contribution in [0.1, 0.15) is 22.4 Å². The lowest BCUT2D eigenvalue weighted by molar-refractivity contribution is -0.347. The van der Waals surface area contributed by atoms with Crippen molar-refractivity contribution in [2.45, 2.75) is 19.9 Å². The molecule has 6 rings (SSSR count). The van der Waals surface area contributed by atoms with Gasteiger partial charge in [-0.25, -0.2) is 19.3 Å². The van der Waals surface area contributed by atoms with Crippen LogP contribution < -0.4 is 14.6 Å². The van der Waals surface area contributed by atoms with Crippen molar-refractivity contribution in [1.29, 1.82) is 0 Å². The molecule has 2 N–H and O–H groups in total. The van der Waals surface area contributed by atoms with Crippen molar-refractivity contribution < 1.29 is 14.1 Å². The molecule has 0 bridgehead atoms. The molecule has 0 aliphatic carbocycles. The Bertz CT molecular complexity index is 1510. The molecule has 0 unspecified atom stereocenters. The summed E-state index contributed by atoms with van der Waals surface area (Å²) >= 11 is 0. The fraction of sp³-hybridized carbons (Fsp3) is 0.185. The van der Waals surface area contributed by atoms with Crippen molar-refractivity contribution in [2.24, 2.45) is 0 Å². The van der Waals surface area contributed by atoms with Gasteiger partial charge in [0.1, 0.15) is 36.5 Å². The molecule has 1 aliphatic rings. The van der Waals surface area contributed by atoms with Gasteiger partial charge in [0.05, 0.1) is 6.54 Å². The minimum absolute atomic E-state index is 0.240. The third kappa shape index (κ3) is 4.19. The highest BCUT2D eigenvalue weighted by molar-refractivity contribution is 5.76. The fourth-order valence-electron chi connectivity index (χ4n) is 4.56. The molecule has 7 nitrogen and oxygen atoms in total. The number of nitrogens with zero attached hydrogens (tertiary/aromatic N) is 4. The van der Waals surface area contributed by atoms with Crippen LogP contribution in [0.3, 0.4) is 0 Å². The monoisotopic (exact) mass is 467 g/mol. The molecule has 0 saturated heterocycles. The van der Waals surface area contributed by atoms with Gasteiger partial charge in [-0.3, -0.25) is 4.98 Å². The van der Waals surface area contributed by atoms with E-state index in [-0.39, 0.29) is 5.82 Å². The molecule has 0 radical (unpaired) electrons. The van der Waals surface area contributed by atoms with Crippen molar-refractivity contribution in [3.8, 4) is 16.9 Å². The number of hydrogen-bond donors (Lipinski definition) is 1. The number of anilines is 1. The third-order valence-corrected chi connectivity index (χ3v) is 6.43. The highest BCUT2D eigenvalue weighted by atomic mass is 19.1. The molecule has 0 fully saturated rings. The molecular weight excluding hydrogens is 443 g/mol. The SMILES string of the molecule is Cc1ncnc(N2CCOc3ccc(-c4cnc5[nH+]c[nH]c5c4)cc3C2)c1Cc1ccc(F)cc1. The van der Waals surface area contributed by atoms with Crippen LogP contribution in [0.2, 0.25) is 0 Å². The first-order valence-electron chi connectivity index (χ1n) is 11.5. The number of nitrogens with one attached hydrogen (secondary N) is 2. The Hall–Kier alpha value is -4.33. The quantitative estimate of drug-likeness (QED) is 0.427. The van der Waals surface area contributed by atoms with E-state index in [0.717, 1.165) is 56.2 Å². The summed E-state index contributed by atoms with van der Waals surface area (Å²) < 4.78 is 19.5. The Kier molecular flexibility index (Phi) is 5.33. The number of imidazole rings is 1. The number of benzene rings is 2. The number of aromatic nitrogens is 5. The number of halogens is 1. The number of hydrogen-bond acceptors (Lipinski definition) is 5. The Morgan fingerprint density at radius 3 is 2.83 bits per heavy atom. The number of pyridine rings is 1. The summed E-state index contributed by atoms with van der Waals surface area (Å²) in [6.07, 6.45) is 5.89. The van der Waals surface area contributed by atoms with Crippen LogP contribution in [-0.4, -0.2) is 33.1 Å². The topological polar surface area (TPSA) is 81.1 Å². The summed E-state index contributed by atoms with van der Waals surface area (Å²) in [5, 5.41) is 0. The second-order valence-electron chi connectivity index (χ2n) is 8.71. The van der Waals surface area contributed by atoms with Crippen LogP contribution in [-0.2, 0) is 13.0 Å².